The summed E-state index contributed by atoms with van der Waals surface area (Å²) in [5.74, 6) is 0.740. The molecule has 0 amide bonds. The molecule has 0 radical (unpaired) electrons. The molecule has 0 fully saturated rings. The number of nitrogens with zero attached hydrogens (tertiary/aromatic N) is 3. The van der Waals surface area contributed by atoms with Gasteiger partial charge in [-0.05, 0) is 53.6 Å². The van der Waals surface area contributed by atoms with Crippen LogP contribution in [0.3, 0.4) is 0 Å². The second-order valence-electron chi connectivity index (χ2n) is 11.0. The lowest BCUT2D eigenvalue weighted by Gasteiger charge is -2.10. The number of benzene rings is 6. The lowest BCUT2D eigenvalue weighted by Crippen LogP contribution is -1.95. The van der Waals surface area contributed by atoms with Gasteiger partial charge in [-0.15, -0.1) is 11.3 Å². The van der Waals surface area contributed by atoms with E-state index in [0.29, 0.717) is 0 Å². The summed E-state index contributed by atoms with van der Waals surface area (Å²) < 4.78 is 3.56. The summed E-state index contributed by atoms with van der Waals surface area (Å²) >= 11 is 1.73. The summed E-state index contributed by atoms with van der Waals surface area (Å²) in [4.78, 5) is 11.5. The molecule has 0 spiro atoms. The molecule has 206 valence electrons. The Bertz CT molecular complexity index is 2470. The number of thiophene rings is 1. The summed E-state index contributed by atoms with van der Waals surface area (Å²) in [5.41, 5.74) is 8.96. The van der Waals surface area contributed by atoms with E-state index >= 15 is 0 Å². The zero-order valence-corrected chi connectivity index (χ0v) is 24.5. The molecule has 9 aromatic rings. The highest BCUT2D eigenvalue weighted by molar-refractivity contribution is 7.25. The third-order valence-electron chi connectivity index (χ3n) is 8.45. The number of hydrogen-bond acceptors (Lipinski definition) is 3. The van der Waals surface area contributed by atoms with Crippen LogP contribution in [0, 0.1) is 0 Å². The Morgan fingerprint density at radius 3 is 1.89 bits per heavy atom. The number of aromatic nitrogens is 3. The maximum Gasteiger partial charge on any atom is 0.161 e. The maximum absolute atomic E-state index is 5.31. The Morgan fingerprint density at radius 2 is 1.07 bits per heavy atom. The average Bonchev–Trinajstić information content (AvgIpc) is 3.64. The predicted octanol–water partition coefficient (Wildman–Crippen LogP) is 10.9. The fourth-order valence-electron chi connectivity index (χ4n) is 6.38. The second kappa shape index (κ2) is 10.0. The van der Waals surface area contributed by atoms with Gasteiger partial charge in [-0.25, -0.2) is 9.97 Å². The van der Waals surface area contributed by atoms with Crippen LogP contribution >= 0.6 is 11.3 Å². The van der Waals surface area contributed by atoms with Gasteiger partial charge in [0.2, 0.25) is 0 Å². The fourth-order valence-corrected chi connectivity index (χ4v) is 7.46. The van der Waals surface area contributed by atoms with Gasteiger partial charge in [0.05, 0.1) is 16.7 Å². The SMILES string of the molecule is c1ccc(-c2ccc(-c3nc(-c4ccc5c(c4)c4ccccc4n5-c4ccccc4)nc4sc5ccccc5c34)cc2)cc1. The van der Waals surface area contributed by atoms with E-state index in [9.17, 15) is 0 Å². The molecule has 0 aliphatic rings. The van der Waals surface area contributed by atoms with Crippen molar-refractivity contribution in [1.29, 1.82) is 0 Å². The summed E-state index contributed by atoms with van der Waals surface area (Å²) in [6.45, 7) is 0. The first kappa shape index (κ1) is 25.0. The zero-order valence-electron chi connectivity index (χ0n) is 23.7. The molecule has 3 heterocycles. The van der Waals surface area contributed by atoms with E-state index in [4.69, 9.17) is 9.97 Å². The van der Waals surface area contributed by atoms with Gasteiger partial charge in [-0.3, -0.25) is 0 Å². The largest absolute Gasteiger partial charge is 0.309 e. The van der Waals surface area contributed by atoms with E-state index in [0.717, 1.165) is 38.5 Å². The molecule has 4 heteroatoms. The monoisotopic (exact) mass is 579 g/mol. The van der Waals surface area contributed by atoms with E-state index in [1.807, 2.05) is 0 Å². The van der Waals surface area contributed by atoms with Crippen LogP contribution < -0.4 is 0 Å². The highest BCUT2D eigenvalue weighted by Crippen LogP contribution is 2.41. The Balaban J connectivity index is 1.26. The van der Waals surface area contributed by atoms with E-state index in [-0.39, 0.29) is 0 Å². The minimum atomic E-state index is 0.740. The molecule has 0 atom stereocenters. The summed E-state index contributed by atoms with van der Waals surface area (Å²) in [7, 11) is 0. The van der Waals surface area contributed by atoms with Crippen molar-refractivity contribution < 1.29 is 0 Å². The van der Waals surface area contributed by atoms with Crippen LogP contribution in [0.15, 0.2) is 152 Å². The van der Waals surface area contributed by atoms with E-state index in [1.54, 1.807) is 11.3 Å². The van der Waals surface area contributed by atoms with Crippen LogP contribution in [-0.4, -0.2) is 14.5 Å². The number of rotatable bonds is 4. The summed E-state index contributed by atoms with van der Waals surface area (Å²) in [6.07, 6.45) is 0. The zero-order chi connectivity index (χ0) is 29.0. The smallest absolute Gasteiger partial charge is 0.161 e. The third kappa shape index (κ3) is 3.96. The van der Waals surface area contributed by atoms with Gasteiger partial charge >= 0.3 is 0 Å². The molecular weight excluding hydrogens is 555 g/mol. The lowest BCUT2D eigenvalue weighted by molar-refractivity contribution is 1.18. The molecule has 44 heavy (non-hydrogen) atoms. The number of fused-ring (bicyclic) bond motifs is 6. The molecule has 3 aromatic heterocycles. The average molecular weight is 580 g/mol. The Kier molecular flexibility index (Phi) is 5.68. The third-order valence-corrected chi connectivity index (χ3v) is 9.51. The Hall–Kier alpha value is -5.58. The first-order chi connectivity index (χ1) is 21.8. The van der Waals surface area contributed by atoms with Gasteiger partial charge in [0, 0.05) is 43.1 Å². The van der Waals surface area contributed by atoms with Crippen LogP contribution in [0.1, 0.15) is 0 Å². The standard InChI is InChI=1S/C40H25N3S/c1-3-11-26(12-4-1)27-19-21-28(22-20-27)38-37-32-16-8-10-18-36(32)44-40(37)42-39(41-38)29-23-24-35-33(25-29)31-15-7-9-17-34(31)43(35)30-13-5-2-6-14-30/h1-25H. The van der Waals surface area contributed by atoms with Gasteiger partial charge in [-0.2, -0.15) is 0 Å². The van der Waals surface area contributed by atoms with Gasteiger partial charge in [0.25, 0.3) is 0 Å². The quantitative estimate of drug-likeness (QED) is 0.208. The van der Waals surface area contributed by atoms with Gasteiger partial charge < -0.3 is 4.57 Å². The molecular formula is C40H25N3S. The minimum Gasteiger partial charge on any atom is -0.309 e. The molecule has 0 unspecified atom stereocenters. The van der Waals surface area contributed by atoms with Gasteiger partial charge in [-0.1, -0.05) is 109 Å². The van der Waals surface area contributed by atoms with Crippen LogP contribution in [-0.2, 0) is 0 Å². The molecule has 3 nitrogen and oxygen atoms in total. The molecule has 0 saturated carbocycles. The summed E-state index contributed by atoms with van der Waals surface area (Å²) in [6, 6.07) is 53.6. The number of hydrogen-bond donors (Lipinski definition) is 0. The normalized spacial score (nSPS) is 11.6. The molecule has 0 N–H and O–H groups in total. The lowest BCUT2D eigenvalue weighted by atomic mass is 10.0. The molecule has 9 rings (SSSR count). The summed E-state index contributed by atoms with van der Waals surface area (Å²) in [5, 5.41) is 4.72. The van der Waals surface area contributed by atoms with Crippen molar-refractivity contribution >= 4 is 53.4 Å². The molecule has 0 aliphatic heterocycles. The Labute approximate surface area is 258 Å². The maximum atomic E-state index is 5.31. The van der Waals surface area contributed by atoms with Crippen molar-refractivity contribution in [3.05, 3.63) is 152 Å². The number of para-hydroxylation sites is 2. The van der Waals surface area contributed by atoms with E-state index in [2.05, 4.69) is 156 Å². The van der Waals surface area contributed by atoms with E-state index in [1.165, 1.54) is 43.0 Å². The minimum absolute atomic E-state index is 0.740. The highest BCUT2D eigenvalue weighted by Gasteiger charge is 2.18. The molecule has 6 aromatic carbocycles. The predicted molar refractivity (Wildman–Crippen MR) is 186 cm³/mol. The van der Waals surface area contributed by atoms with E-state index < -0.39 is 0 Å². The second-order valence-corrected chi connectivity index (χ2v) is 12.1. The first-order valence-electron chi connectivity index (χ1n) is 14.8. The molecule has 0 saturated heterocycles. The van der Waals surface area contributed by atoms with Crippen molar-refractivity contribution in [2.24, 2.45) is 0 Å². The van der Waals surface area contributed by atoms with Crippen LogP contribution in [0.2, 0.25) is 0 Å². The van der Waals surface area contributed by atoms with Crippen molar-refractivity contribution in [3.8, 4) is 39.5 Å². The van der Waals surface area contributed by atoms with Gasteiger partial charge in [0.15, 0.2) is 5.82 Å². The van der Waals surface area contributed by atoms with Crippen molar-refractivity contribution in [2.75, 3.05) is 0 Å². The Morgan fingerprint density at radius 1 is 0.455 bits per heavy atom. The van der Waals surface area contributed by atoms with Crippen molar-refractivity contribution in [1.82, 2.24) is 14.5 Å². The first-order valence-corrected chi connectivity index (χ1v) is 15.6. The molecule has 0 aliphatic carbocycles. The van der Waals surface area contributed by atoms with Crippen LogP contribution in [0.25, 0.3) is 81.6 Å². The highest BCUT2D eigenvalue weighted by atomic mass is 32.1. The van der Waals surface area contributed by atoms with Crippen LogP contribution in [0.4, 0.5) is 0 Å². The molecule has 0 bridgehead atoms. The topological polar surface area (TPSA) is 30.7 Å². The van der Waals surface area contributed by atoms with Crippen molar-refractivity contribution in [2.45, 2.75) is 0 Å². The fraction of sp³-hybridized carbons (Fsp3) is 0. The van der Waals surface area contributed by atoms with Crippen molar-refractivity contribution in [3.63, 3.8) is 0 Å². The van der Waals surface area contributed by atoms with Crippen LogP contribution in [0.5, 0.6) is 0 Å². The van der Waals surface area contributed by atoms with Gasteiger partial charge in [0.1, 0.15) is 4.83 Å².